The predicted octanol–water partition coefficient (Wildman–Crippen LogP) is 4.95. The lowest BCUT2D eigenvalue weighted by molar-refractivity contribution is 0.363. The fraction of sp³-hybridized carbons (Fsp3) is 0.143. The van der Waals surface area contributed by atoms with Crippen molar-refractivity contribution < 1.29 is 4.74 Å². The van der Waals surface area contributed by atoms with Crippen molar-refractivity contribution >= 4 is 34.4 Å². The molecule has 0 radical (unpaired) electrons. The summed E-state index contributed by atoms with van der Waals surface area (Å²) in [5.74, 6) is 0.780. The number of ether oxygens (including phenoxy) is 1. The summed E-state index contributed by atoms with van der Waals surface area (Å²) in [6.45, 7) is 4.14. The lowest BCUT2D eigenvalue weighted by Crippen LogP contribution is -2.38. The highest BCUT2D eigenvalue weighted by Crippen LogP contribution is 2.42. The molecule has 0 spiro atoms. The third-order valence-electron chi connectivity index (χ3n) is 6.23. The zero-order valence-electron chi connectivity index (χ0n) is 18.4. The molecule has 0 bridgehead atoms. The van der Waals surface area contributed by atoms with Gasteiger partial charge in [-0.2, -0.15) is 0 Å². The first kappa shape index (κ1) is 21.1. The highest BCUT2D eigenvalue weighted by Gasteiger charge is 2.32. The SMILES string of the molecule is C=CCOc1ccc(/C=c2/sc3n(c2=O)[C@@H](c2cccs2)C2=C(N=3)c3ccccc3CC2)cc1. The second kappa shape index (κ2) is 8.70. The Balaban J connectivity index is 1.51. The van der Waals surface area contributed by atoms with Crippen molar-refractivity contribution in [2.24, 2.45) is 4.99 Å². The van der Waals surface area contributed by atoms with Gasteiger partial charge in [0.1, 0.15) is 12.4 Å². The Morgan fingerprint density at radius 2 is 1.94 bits per heavy atom. The molecular formula is C28H22N2O2S2. The van der Waals surface area contributed by atoms with Crippen LogP contribution in [-0.2, 0) is 6.42 Å². The number of thiazole rings is 1. The number of thiophene rings is 1. The Morgan fingerprint density at radius 1 is 1.09 bits per heavy atom. The number of allylic oxidation sites excluding steroid dienone is 1. The van der Waals surface area contributed by atoms with Gasteiger partial charge in [-0.05, 0) is 59.2 Å². The lowest BCUT2D eigenvalue weighted by atomic mass is 9.85. The second-order valence-corrected chi connectivity index (χ2v) is 10.3. The maximum Gasteiger partial charge on any atom is 0.271 e. The number of aryl methyl sites for hydroxylation is 1. The van der Waals surface area contributed by atoms with Gasteiger partial charge < -0.3 is 4.74 Å². The number of fused-ring (bicyclic) bond motifs is 3. The van der Waals surface area contributed by atoms with Crippen LogP contribution in [-0.4, -0.2) is 11.2 Å². The maximum atomic E-state index is 13.7. The Morgan fingerprint density at radius 3 is 2.74 bits per heavy atom. The summed E-state index contributed by atoms with van der Waals surface area (Å²) in [6.07, 6.45) is 5.55. The highest BCUT2D eigenvalue weighted by atomic mass is 32.1. The van der Waals surface area contributed by atoms with Crippen LogP contribution < -0.4 is 19.6 Å². The first-order chi connectivity index (χ1) is 16.7. The molecule has 0 unspecified atom stereocenters. The van der Waals surface area contributed by atoms with Crippen molar-refractivity contribution in [3.05, 3.63) is 126 Å². The molecule has 0 N–H and O–H groups in total. The fourth-order valence-electron chi connectivity index (χ4n) is 4.68. The van der Waals surface area contributed by atoms with Crippen LogP contribution in [0.15, 0.2) is 94.1 Å². The fourth-order valence-corrected chi connectivity index (χ4v) is 6.53. The Hall–Kier alpha value is -3.48. The van der Waals surface area contributed by atoms with Crippen molar-refractivity contribution in [2.75, 3.05) is 6.61 Å². The molecule has 6 rings (SSSR count). The number of rotatable bonds is 5. The van der Waals surface area contributed by atoms with Crippen molar-refractivity contribution in [3.63, 3.8) is 0 Å². The molecule has 34 heavy (non-hydrogen) atoms. The molecule has 4 nitrogen and oxygen atoms in total. The summed E-state index contributed by atoms with van der Waals surface area (Å²) >= 11 is 3.16. The number of aromatic nitrogens is 1. The number of hydrogen-bond acceptors (Lipinski definition) is 5. The molecule has 168 valence electrons. The van der Waals surface area contributed by atoms with E-state index < -0.39 is 0 Å². The van der Waals surface area contributed by atoms with Crippen LogP contribution in [0.25, 0.3) is 11.8 Å². The van der Waals surface area contributed by atoms with E-state index in [9.17, 15) is 4.79 Å². The van der Waals surface area contributed by atoms with E-state index >= 15 is 0 Å². The molecule has 0 saturated carbocycles. The summed E-state index contributed by atoms with van der Waals surface area (Å²) in [5.41, 5.74) is 5.77. The van der Waals surface area contributed by atoms with Crippen LogP contribution in [0.4, 0.5) is 0 Å². The summed E-state index contributed by atoms with van der Waals surface area (Å²) in [6, 6.07) is 20.4. The minimum absolute atomic E-state index is 0.0135. The Labute approximate surface area is 205 Å². The van der Waals surface area contributed by atoms with E-state index in [-0.39, 0.29) is 11.6 Å². The van der Waals surface area contributed by atoms with E-state index in [1.165, 1.54) is 32.9 Å². The Bertz CT molecular complexity index is 1590. The topological polar surface area (TPSA) is 43.6 Å². The summed E-state index contributed by atoms with van der Waals surface area (Å²) in [4.78, 5) is 20.7. The first-order valence-electron chi connectivity index (χ1n) is 11.2. The molecule has 1 aliphatic carbocycles. The number of benzene rings is 2. The largest absolute Gasteiger partial charge is 0.490 e. The minimum Gasteiger partial charge on any atom is -0.490 e. The van der Waals surface area contributed by atoms with Gasteiger partial charge in [0.05, 0.1) is 16.3 Å². The maximum absolute atomic E-state index is 13.7. The van der Waals surface area contributed by atoms with Crippen LogP contribution in [0.3, 0.4) is 0 Å². The van der Waals surface area contributed by atoms with Gasteiger partial charge in [0, 0.05) is 10.4 Å². The molecule has 6 heteroatoms. The van der Waals surface area contributed by atoms with Gasteiger partial charge in [0.25, 0.3) is 5.56 Å². The zero-order valence-corrected chi connectivity index (χ0v) is 20.1. The molecule has 0 fully saturated rings. The minimum atomic E-state index is -0.101. The van der Waals surface area contributed by atoms with Crippen LogP contribution in [0, 0.1) is 0 Å². The van der Waals surface area contributed by atoms with Gasteiger partial charge in [-0.3, -0.25) is 9.36 Å². The first-order valence-corrected chi connectivity index (χ1v) is 12.9. The molecule has 3 heterocycles. The second-order valence-electron chi connectivity index (χ2n) is 8.30. The van der Waals surface area contributed by atoms with Gasteiger partial charge in [-0.1, -0.05) is 66.5 Å². The summed E-state index contributed by atoms with van der Waals surface area (Å²) in [7, 11) is 0. The quantitative estimate of drug-likeness (QED) is 0.378. The lowest BCUT2D eigenvalue weighted by Gasteiger charge is -2.30. The third kappa shape index (κ3) is 3.59. The van der Waals surface area contributed by atoms with Gasteiger partial charge in [-0.25, -0.2) is 4.99 Å². The third-order valence-corrected chi connectivity index (χ3v) is 8.14. The number of nitrogens with zero attached hydrogens (tertiary/aromatic N) is 2. The smallest absolute Gasteiger partial charge is 0.271 e. The predicted molar refractivity (Wildman–Crippen MR) is 139 cm³/mol. The van der Waals surface area contributed by atoms with Gasteiger partial charge in [-0.15, -0.1) is 11.3 Å². The molecule has 0 saturated heterocycles. The van der Waals surface area contributed by atoms with Crippen molar-refractivity contribution in [2.45, 2.75) is 18.9 Å². The van der Waals surface area contributed by atoms with Crippen molar-refractivity contribution in [1.29, 1.82) is 0 Å². The molecule has 2 aromatic heterocycles. The Kier molecular flexibility index (Phi) is 5.40. The molecule has 2 aromatic carbocycles. The molecule has 4 aromatic rings. The average Bonchev–Trinajstić information content (AvgIpc) is 3.51. The zero-order chi connectivity index (χ0) is 23.1. The van der Waals surface area contributed by atoms with Crippen LogP contribution >= 0.6 is 22.7 Å². The summed E-state index contributed by atoms with van der Waals surface area (Å²) in [5, 5.41) is 2.08. The molecular weight excluding hydrogens is 460 g/mol. The van der Waals surface area contributed by atoms with E-state index in [0.29, 0.717) is 11.1 Å². The van der Waals surface area contributed by atoms with Crippen LogP contribution in [0.5, 0.6) is 5.75 Å². The van der Waals surface area contributed by atoms with E-state index in [1.54, 1.807) is 17.4 Å². The molecule has 2 aliphatic rings. The van der Waals surface area contributed by atoms with Crippen LogP contribution in [0.2, 0.25) is 0 Å². The van der Waals surface area contributed by atoms with E-state index in [4.69, 9.17) is 9.73 Å². The van der Waals surface area contributed by atoms with Crippen molar-refractivity contribution in [3.8, 4) is 5.75 Å². The highest BCUT2D eigenvalue weighted by molar-refractivity contribution is 7.10. The van der Waals surface area contributed by atoms with E-state index in [1.807, 2.05) is 34.9 Å². The van der Waals surface area contributed by atoms with Crippen LogP contribution in [0.1, 0.15) is 34.0 Å². The van der Waals surface area contributed by atoms with Gasteiger partial charge in [0.15, 0.2) is 4.80 Å². The number of hydrogen-bond donors (Lipinski definition) is 0. The van der Waals surface area contributed by atoms with Crippen molar-refractivity contribution in [1.82, 2.24) is 4.57 Å². The summed E-state index contributed by atoms with van der Waals surface area (Å²) < 4.78 is 8.16. The molecule has 1 aliphatic heterocycles. The average molecular weight is 483 g/mol. The molecule has 1 atom stereocenters. The molecule has 0 amide bonds. The standard InChI is InChI=1S/C28H22N2O2S2/c1-2-15-32-20-12-9-18(10-13-20)17-24-27(31)30-26(23-8-5-16-33-23)22-14-11-19-6-3-4-7-21(19)25(22)29-28(30)34-24/h2-10,12-13,16-17,26H,1,11,14-15H2/b24-17+/t26-/m1/s1. The van der Waals surface area contributed by atoms with E-state index in [0.717, 1.165) is 34.7 Å². The van der Waals surface area contributed by atoms with Gasteiger partial charge in [0.2, 0.25) is 0 Å². The monoisotopic (exact) mass is 482 g/mol. The van der Waals surface area contributed by atoms with Gasteiger partial charge >= 0.3 is 0 Å². The van der Waals surface area contributed by atoms with E-state index in [2.05, 4.69) is 48.4 Å². The normalized spacial score (nSPS) is 16.9.